The van der Waals surface area contributed by atoms with Crippen LogP contribution in [0.3, 0.4) is 0 Å². The lowest BCUT2D eigenvalue weighted by molar-refractivity contribution is 0.306. The van der Waals surface area contributed by atoms with Crippen molar-refractivity contribution in [1.82, 2.24) is 30.0 Å². The summed E-state index contributed by atoms with van der Waals surface area (Å²) >= 11 is 0. The van der Waals surface area contributed by atoms with Crippen LogP contribution in [0.25, 0.3) is 22.6 Å². The number of rotatable bonds is 4. The highest BCUT2D eigenvalue weighted by Gasteiger charge is 2.23. The van der Waals surface area contributed by atoms with Gasteiger partial charge in [0.25, 0.3) is 0 Å². The molecule has 34 heavy (non-hydrogen) atoms. The van der Waals surface area contributed by atoms with Crippen molar-refractivity contribution in [2.75, 3.05) is 19.7 Å². The number of hydrogen-bond acceptors (Lipinski definition) is 5. The first-order chi connectivity index (χ1) is 16.5. The van der Waals surface area contributed by atoms with Crippen molar-refractivity contribution in [3.05, 3.63) is 42.4 Å². The first kappa shape index (κ1) is 22.3. The molecule has 1 fully saturated rings. The maximum atomic E-state index is 7.82. The van der Waals surface area contributed by atoms with Crippen molar-refractivity contribution in [2.45, 2.75) is 52.2 Å². The van der Waals surface area contributed by atoms with Crippen LogP contribution in [0, 0.1) is 5.41 Å². The lowest BCUT2D eigenvalue weighted by Gasteiger charge is -2.25. The third-order valence-corrected chi connectivity index (χ3v) is 6.12. The quantitative estimate of drug-likeness (QED) is 0.408. The second-order valence-electron chi connectivity index (χ2n) is 9.21. The molecule has 9 nitrogen and oxygen atoms in total. The predicted molar refractivity (Wildman–Crippen MR) is 134 cm³/mol. The third-order valence-electron chi connectivity index (χ3n) is 6.12. The molecule has 2 aromatic heterocycles. The van der Waals surface area contributed by atoms with Crippen LogP contribution in [0.15, 0.2) is 41.7 Å². The van der Waals surface area contributed by atoms with E-state index in [1.165, 1.54) is 0 Å². The molecule has 0 radical (unpaired) electrons. The van der Waals surface area contributed by atoms with Crippen LogP contribution in [0.4, 0.5) is 0 Å². The number of benzene rings is 1. The molecule has 1 saturated heterocycles. The van der Waals surface area contributed by atoms with Gasteiger partial charge >= 0.3 is 0 Å². The summed E-state index contributed by atoms with van der Waals surface area (Å²) in [5.74, 6) is 2.53. The predicted octanol–water partition coefficient (Wildman–Crippen LogP) is 3.47. The first-order valence-electron chi connectivity index (χ1n) is 12.0. The van der Waals surface area contributed by atoms with Gasteiger partial charge in [-0.3, -0.25) is 10.1 Å². The van der Waals surface area contributed by atoms with E-state index in [-0.39, 0.29) is 11.9 Å². The minimum atomic E-state index is 0.182. The normalized spacial score (nSPS) is 18.1. The molecule has 4 heterocycles. The molecule has 2 aliphatic heterocycles. The lowest BCUT2D eigenvalue weighted by atomic mass is 10.0. The molecule has 1 atom stereocenters. The Hall–Kier alpha value is -3.46. The Labute approximate surface area is 199 Å². The molecule has 5 rings (SSSR count). The Morgan fingerprint density at radius 1 is 1.32 bits per heavy atom. The Bertz CT molecular complexity index is 1220. The maximum Gasteiger partial charge on any atom is 0.155 e. The summed E-state index contributed by atoms with van der Waals surface area (Å²) in [5, 5.41) is 19.3. The van der Waals surface area contributed by atoms with E-state index in [9.17, 15) is 0 Å². The number of imidazole rings is 1. The van der Waals surface area contributed by atoms with E-state index in [4.69, 9.17) is 15.1 Å². The van der Waals surface area contributed by atoms with Gasteiger partial charge in [0, 0.05) is 30.5 Å². The summed E-state index contributed by atoms with van der Waals surface area (Å²) < 4.78 is 10.4. The van der Waals surface area contributed by atoms with Crippen molar-refractivity contribution in [3.63, 3.8) is 0 Å². The molecular formula is C25H32N8O. The molecule has 0 spiro atoms. The number of fused-ring (bicyclic) bond motifs is 3. The van der Waals surface area contributed by atoms with Crippen molar-refractivity contribution < 1.29 is 4.74 Å². The first-order valence-corrected chi connectivity index (χ1v) is 12.0. The van der Waals surface area contributed by atoms with E-state index in [0.717, 1.165) is 60.0 Å². The van der Waals surface area contributed by atoms with Crippen LogP contribution >= 0.6 is 0 Å². The average molecular weight is 461 g/mol. The number of ether oxygens (including phenoxy) is 1. The van der Waals surface area contributed by atoms with E-state index in [1.54, 1.807) is 6.92 Å². The van der Waals surface area contributed by atoms with Gasteiger partial charge in [0.1, 0.15) is 29.7 Å². The van der Waals surface area contributed by atoms with Gasteiger partial charge < -0.3 is 19.9 Å². The highest BCUT2D eigenvalue weighted by molar-refractivity contribution is 6.04. The summed E-state index contributed by atoms with van der Waals surface area (Å²) in [4.78, 5) is 9.29. The Kier molecular flexibility index (Phi) is 6.19. The molecule has 0 amide bonds. The van der Waals surface area contributed by atoms with Crippen LogP contribution in [-0.4, -0.2) is 56.7 Å². The minimum absolute atomic E-state index is 0.182. The summed E-state index contributed by atoms with van der Waals surface area (Å²) in [7, 11) is 0. The van der Waals surface area contributed by atoms with E-state index in [1.807, 2.05) is 12.4 Å². The second kappa shape index (κ2) is 9.42. The fourth-order valence-corrected chi connectivity index (χ4v) is 4.64. The number of aromatic nitrogens is 4. The molecule has 9 heteroatoms. The molecule has 3 N–H and O–H groups in total. The van der Waals surface area contributed by atoms with E-state index >= 15 is 0 Å². The minimum Gasteiger partial charge on any atom is -0.491 e. The zero-order valence-electron chi connectivity index (χ0n) is 20.0. The zero-order chi connectivity index (χ0) is 23.7. The Morgan fingerprint density at radius 3 is 2.97 bits per heavy atom. The van der Waals surface area contributed by atoms with Crippen molar-refractivity contribution in [1.29, 1.82) is 5.41 Å². The Morgan fingerprint density at radius 2 is 2.21 bits per heavy atom. The molecule has 0 bridgehead atoms. The smallest absolute Gasteiger partial charge is 0.155 e. The number of nitrogens with one attached hydrogen (secondary N) is 3. The van der Waals surface area contributed by atoms with Crippen LogP contribution in [0.2, 0.25) is 0 Å². The lowest BCUT2D eigenvalue weighted by Crippen LogP contribution is -2.32. The van der Waals surface area contributed by atoms with Crippen LogP contribution in [0.5, 0.6) is 5.75 Å². The summed E-state index contributed by atoms with van der Waals surface area (Å²) in [5.41, 5.74) is 3.87. The van der Waals surface area contributed by atoms with Gasteiger partial charge in [0.15, 0.2) is 5.84 Å². The third kappa shape index (κ3) is 4.48. The van der Waals surface area contributed by atoms with Crippen LogP contribution in [0.1, 0.15) is 45.3 Å². The zero-order valence-corrected chi connectivity index (χ0v) is 20.0. The van der Waals surface area contributed by atoms with Gasteiger partial charge in [-0.2, -0.15) is 5.10 Å². The highest BCUT2D eigenvalue weighted by atomic mass is 16.5. The molecule has 178 valence electrons. The Balaban J connectivity index is 1.51. The molecule has 0 saturated carbocycles. The molecule has 0 aliphatic carbocycles. The summed E-state index contributed by atoms with van der Waals surface area (Å²) in [6.45, 7) is 9.03. The van der Waals surface area contributed by atoms with Crippen LogP contribution in [-0.2, 0) is 6.54 Å². The summed E-state index contributed by atoms with van der Waals surface area (Å²) in [6.07, 6.45) is 6.16. The standard InChI is InChI=1S/C25H32N8O/c1-16(2)29-24(30-17(3)26)21-15-32-11-12-34-23-13-18(6-7-20(23)25(32)31-21)22-8-10-28-33(22)19-5-4-9-27-14-19/h6-8,10,13,15-16,19,27H,4-5,9,11-12,14H2,1-3H3,(H2,26,29,30). The van der Waals surface area contributed by atoms with Gasteiger partial charge in [-0.25, -0.2) is 9.98 Å². The van der Waals surface area contributed by atoms with E-state index in [2.05, 4.69) is 68.1 Å². The monoisotopic (exact) mass is 460 g/mol. The van der Waals surface area contributed by atoms with Crippen molar-refractivity contribution in [3.8, 4) is 28.4 Å². The van der Waals surface area contributed by atoms with Gasteiger partial charge in [-0.05, 0) is 58.4 Å². The largest absolute Gasteiger partial charge is 0.491 e. The highest BCUT2D eigenvalue weighted by Crippen LogP contribution is 2.36. The molecule has 2 aliphatic rings. The van der Waals surface area contributed by atoms with Crippen LogP contribution < -0.4 is 15.4 Å². The van der Waals surface area contributed by atoms with Crippen molar-refractivity contribution in [2.24, 2.45) is 4.99 Å². The van der Waals surface area contributed by atoms with Gasteiger partial charge in [-0.15, -0.1) is 0 Å². The van der Waals surface area contributed by atoms with Gasteiger partial charge in [0.2, 0.25) is 0 Å². The number of amidine groups is 2. The average Bonchev–Trinajstić information content (AvgIpc) is 3.43. The van der Waals surface area contributed by atoms with E-state index < -0.39 is 0 Å². The number of hydrogen-bond donors (Lipinski definition) is 3. The SMILES string of the molecule is CC(=N)/N=C(\NC(C)C)c1cn2c(n1)-c1ccc(-c3ccnn3C3CCCNC3)cc1OCC2. The molecule has 1 aromatic carbocycles. The van der Waals surface area contributed by atoms with E-state index in [0.29, 0.717) is 25.0 Å². The molecule has 1 unspecified atom stereocenters. The van der Waals surface area contributed by atoms with Gasteiger partial charge in [-0.1, -0.05) is 6.07 Å². The number of piperidine rings is 1. The maximum absolute atomic E-state index is 7.82. The van der Waals surface area contributed by atoms with Gasteiger partial charge in [0.05, 0.1) is 23.8 Å². The molecular weight excluding hydrogens is 428 g/mol. The number of nitrogens with zero attached hydrogens (tertiary/aromatic N) is 5. The number of aliphatic imine (C=N–C) groups is 1. The fraction of sp³-hybridized carbons (Fsp3) is 0.440. The second-order valence-corrected chi connectivity index (χ2v) is 9.21. The summed E-state index contributed by atoms with van der Waals surface area (Å²) in [6, 6.07) is 8.94. The molecule has 3 aromatic rings. The van der Waals surface area contributed by atoms with Crippen molar-refractivity contribution >= 4 is 11.7 Å². The fourth-order valence-electron chi connectivity index (χ4n) is 4.64. The topological polar surface area (TPSA) is 105 Å².